The number of benzene rings is 1. The van der Waals surface area contributed by atoms with E-state index in [1.165, 1.54) is 0 Å². The Morgan fingerprint density at radius 2 is 2.05 bits per heavy atom. The van der Waals surface area contributed by atoms with E-state index in [2.05, 4.69) is 15.0 Å². The molecule has 1 aromatic heterocycles. The van der Waals surface area contributed by atoms with Crippen LogP contribution in [0.1, 0.15) is 12.8 Å². The number of carbonyl (C=O) groups is 1. The first-order chi connectivity index (χ1) is 10.6. The van der Waals surface area contributed by atoms with Crippen molar-refractivity contribution >= 4 is 26.7 Å². The summed E-state index contributed by atoms with van der Waals surface area (Å²) in [5.74, 6) is 0.137. The maximum Gasteiger partial charge on any atom is 0.241 e. The van der Waals surface area contributed by atoms with Crippen LogP contribution in [0.4, 0.5) is 0 Å². The topological polar surface area (TPSA) is 88.2 Å². The van der Waals surface area contributed by atoms with Gasteiger partial charge >= 0.3 is 0 Å². The molecule has 2 aromatic rings. The van der Waals surface area contributed by atoms with Crippen molar-refractivity contribution in [1.29, 1.82) is 0 Å². The molecule has 0 saturated heterocycles. The molecule has 1 aliphatic carbocycles. The highest BCUT2D eigenvalue weighted by Crippen LogP contribution is 2.28. The largest absolute Gasteiger partial charge is 0.355 e. The van der Waals surface area contributed by atoms with E-state index >= 15 is 0 Å². The van der Waals surface area contributed by atoms with Gasteiger partial charge in [0.1, 0.15) is 0 Å². The van der Waals surface area contributed by atoms with E-state index in [1.54, 1.807) is 30.6 Å². The molecule has 2 N–H and O–H groups in total. The summed E-state index contributed by atoms with van der Waals surface area (Å²) in [6, 6.07) is 6.75. The fourth-order valence-electron chi connectivity index (χ4n) is 2.27. The van der Waals surface area contributed by atoms with Crippen LogP contribution in [0.25, 0.3) is 10.8 Å². The van der Waals surface area contributed by atoms with Gasteiger partial charge in [-0.2, -0.15) is 0 Å². The van der Waals surface area contributed by atoms with Crippen molar-refractivity contribution in [2.75, 3.05) is 13.1 Å². The first-order valence-electron chi connectivity index (χ1n) is 7.18. The molecule has 0 radical (unpaired) electrons. The zero-order chi connectivity index (χ0) is 15.6. The second-order valence-electron chi connectivity index (χ2n) is 5.32. The Kier molecular flexibility index (Phi) is 4.08. The average molecular weight is 319 g/mol. The summed E-state index contributed by atoms with van der Waals surface area (Å²) >= 11 is 0. The van der Waals surface area contributed by atoms with E-state index in [-0.39, 0.29) is 23.3 Å². The minimum absolute atomic E-state index is 0.00966. The quantitative estimate of drug-likeness (QED) is 0.779. The van der Waals surface area contributed by atoms with E-state index in [0.29, 0.717) is 11.9 Å². The Morgan fingerprint density at radius 3 is 2.82 bits per heavy atom. The van der Waals surface area contributed by atoms with Gasteiger partial charge in [0.15, 0.2) is 0 Å². The monoisotopic (exact) mass is 319 g/mol. The van der Waals surface area contributed by atoms with Crippen LogP contribution in [0.15, 0.2) is 41.6 Å². The van der Waals surface area contributed by atoms with Crippen molar-refractivity contribution < 1.29 is 13.2 Å². The Morgan fingerprint density at radius 1 is 1.23 bits per heavy atom. The molecule has 0 bridgehead atoms. The van der Waals surface area contributed by atoms with E-state index in [4.69, 9.17) is 0 Å². The first kappa shape index (κ1) is 14.9. The molecule has 1 fully saturated rings. The molecule has 1 aliphatic rings. The summed E-state index contributed by atoms with van der Waals surface area (Å²) in [4.78, 5) is 15.7. The fraction of sp³-hybridized carbons (Fsp3) is 0.333. The average Bonchev–Trinajstić information content (AvgIpc) is 3.35. The minimum Gasteiger partial charge on any atom is -0.355 e. The fourth-order valence-corrected chi connectivity index (χ4v) is 3.53. The summed E-state index contributed by atoms with van der Waals surface area (Å²) < 4.78 is 27.3. The molecule has 0 aliphatic heterocycles. The smallest absolute Gasteiger partial charge is 0.241 e. The molecule has 0 unspecified atom stereocenters. The zero-order valence-corrected chi connectivity index (χ0v) is 12.8. The number of nitrogens with one attached hydrogen (secondary N) is 2. The molecule has 1 amide bonds. The molecule has 7 heteroatoms. The summed E-state index contributed by atoms with van der Waals surface area (Å²) in [5.41, 5.74) is 0. The number of fused-ring (bicyclic) bond motifs is 1. The predicted molar refractivity (Wildman–Crippen MR) is 82.7 cm³/mol. The van der Waals surface area contributed by atoms with Gasteiger partial charge in [-0.25, -0.2) is 13.1 Å². The molecule has 22 heavy (non-hydrogen) atoms. The second kappa shape index (κ2) is 6.02. The van der Waals surface area contributed by atoms with Gasteiger partial charge in [-0.3, -0.25) is 9.78 Å². The van der Waals surface area contributed by atoms with E-state index < -0.39 is 10.0 Å². The minimum atomic E-state index is -3.62. The molecule has 6 nitrogen and oxygen atoms in total. The van der Waals surface area contributed by atoms with E-state index in [9.17, 15) is 13.2 Å². The highest BCUT2D eigenvalue weighted by atomic mass is 32.2. The standard InChI is InChI=1S/C15H17N3O3S/c19-15(11-4-5-11)17-8-9-18-22(20,21)14-3-1-2-12-10-16-7-6-13(12)14/h1-3,6-7,10-11,18H,4-5,8-9H2,(H,17,19). The van der Waals surface area contributed by atoms with Gasteiger partial charge in [0.2, 0.25) is 15.9 Å². The number of aromatic nitrogens is 1. The van der Waals surface area contributed by atoms with Crippen LogP contribution in [0.5, 0.6) is 0 Å². The molecular formula is C15H17N3O3S. The van der Waals surface area contributed by atoms with Gasteiger partial charge in [0.05, 0.1) is 4.90 Å². The summed E-state index contributed by atoms with van der Waals surface area (Å²) in [6.45, 7) is 0.461. The second-order valence-corrected chi connectivity index (χ2v) is 7.05. The predicted octanol–water partition coefficient (Wildman–Crippen LogP) is 1.04. The third kappa shape index (κ3) is 3.26. The van der Waals surface area contributed by atoms with Crippen LogP contribution in [0, 0.1) is 5.92 Å². The van der Waals surface area contributed by atoms with Gasteiger partial charge in [0, 0.05) is 42.2 Å². The lowest BCUT2D eigenvalue weighted by atomic mass is 10.2. The van der Waals surface area contributed by atoms with E-state index in [1.807, 2.05) is 6.07 Å². The normalized spacial score (nSPS) is 14.9. The number of rotatable bonds is 6. The molecule has 0 spiro atoms. The summed E-state index contributed by atoms with van der Waals surface area (Å²) in [7, 11) is -3.62. The number of carbonyl (C=O) groups excluding carboxylic acids is 1. The molecule has 1 heterocycles. The zero-order valence-electron chi connectivity index (χ0n) is 12.0. The van der Waals surface area contributed by atoms with Crippen LogP contribution < -0.4 is 10.0 Å². The third-order valence-corrected chi connectivity index (χ3v) is 5.11. The molecule has 1 aromatic carbocycles. The maximum atomic E-state index is 12.4. The highest BCUT2D eigenvalue weighted by Gasteiger charge is 2.29. The maximum absolute atomic E-state index is 12.4. The van der Waals surface area contributed by atoms with Gasteiger partial charge in [0.25, 0.3) is 0 Å². The highest BCUT2D eigenvalue weighted by molar-refractivity contribution is 7.89. The summed E-state index contributed by atoms with van der Waals surface area (Å²) in [5, 5.41) is 4.13. The number of amides is 1. The molecule has 1 saturated carbocycles. The van der Waals surface area contributed by atoms with Crippen molar-refractivity contribution in [3.63, 3.8) is 0 Å². The lowest BCUT2D eigenvalue weighted by molar-refractivity contribution is -0.122. The van der Waals surface area contributed by atoms with Crippen molar-refractivity contribution in [2.45, 2.75) is 17.7 Å². The van der Waals surface area contributed by atoms with Gasteiger partial charge in [-0.05, 0) is 25.0 Å². The first-order valence-corrected chi connectivity index (χ1v) is 8.66. The number of pyridine rings is 1. The van der Waals surface area contributed by atoms with Crippen LogP contribution in [-0.2, 0) is 14.8 Å². The lowest BCUT2D eigenvalue weighted by Gasteiger charge is -2.10. The Hall–Kier alpha value is -1.99. The number of hydrogen-bond acceptors (Lipinski definition) is 4. The Bertz CT molecular complexity index is 795. The Labute approximate surface area is 129 Å². The number of sulfonamides is 1. The van der Waals surface area contributed by atoms with Gasteiger partial charge in [-0.1, -0.05) is 12.1 Å². The van der Waals surface area contributed by atoms with E-state index in [0.717, 1.165) is 18.2 Å². The van der Waals surface area contributed by atoms with Crippen molar-refractivity contribution in [1.82, 2.24) is 15.0 Å². The Balaban J connectivity index is 1.67. The van der Waals surface area contributed by atoms with Crippen LogP contribution in [-0.4, -0.2) is 32.4 Å². The van der Waals surface area contributed by atoms with Crippen LogP contribution in [0.2, 0.25) is 0 Å². The van der Waals surface area contributed by atoms with Crippen molar-refractivity contribution in [3.8, 4) is 0 Å². The van der Waals surface area contributed by atoms with Crippen LogP contribution >= 0.6 is 0 Å². The van der Waals surface area contributed by atoms with Crippen molar-refractivity contribution in [3.05, 3.63) is 36.7 Å². The number of hydrogen-bond donors (Lipinski definition) is 2. The summed E-state index contributed by atoms with van der Waals surface area (Å²) in [6.07, 6.45) is 5.06. The number of nitrogens with zero attached hydrogens (tertiary/aromatic N) is 1. The van der Waals surface area contributed by atoms with Gasteiger partial charge in [-0.15, -0.1) is 0 Å². The van der Waals surface area contributed by atoms with Gasteiger partial charge < -0.3 is 5.32 Å². The molecule has 3 rings (SSSR count). The lowest BCUT2D eigenvalue weighted by Crippen LogP contribution is -2.35. The SMILES string of the molecule is O=C(NCCNS(=O)(=O)c1cccc2cnccc12)C1CC1. The molecular weight excluding hydrogens is 302 g/mol. The van der Waals surface area contributed by atoms with Crippen LogP contribution in [0.3, 0.4) is 0 Å². The third-order valence-electron chi connectivity index (χ3n) is 3.59. The molecule has 116 valence electrons. The molecule has 0 atom stereocenters. The van der Waals surface area contributed by atoms with Crippen molar-refractivity contribution in [2.24, 2.45) is 5.92 Å².